The van der Waals surface area contributed by atoms with E-state index in [1.54, 1.807) is 71.6 Å². The van der Waals surface area contributed by atoms with Crippen molar-refractivity contribution in [1.82, 2.24) is 20.1 Å². The summed E-state index contributed by atoms with van der Waals surface area (Å²) in [5.41, 5.74) is 0.536. The van der Waals surface area contributed by atoms with Gasteiger partial charge in [0.25, 0.3) is 11.8 Å². The van der Waals surface area contributed by atoms with Gasteiger partial charge in [-0.3, -0.25) is 24.3 Å². The van der Waals surface area contributed by atoms with Crippen LogP contribution >= 0.6 is 0 Å². The summed E-state index contributed by atoms with van der Waals surface area (Å²) in [5, 5.41) is 2.90. The summed E-state index contributed by atoms with van der Waals surface area (Å²) in [6.07, 6.45) is 2.35. The lowest BCUT2D eigenvalue weighted by molar-refractivity contribution is -0.128. The Morgan fingerprint density at radius 1 is 0.905 bits per heavy atom. The van der Waals surface area contributed by atoms with E-state index in [2.05, 4.69) is 10.3 Å². The highest BCUT2D eigenvalue weighted by atomic mass is 16.5. The summed E-state index contributed by atoms with van der Waals surface area (Å²) in [7, 11) is 4.61. The lowest BCUT2D eigenvalue weighted by Crippen LogP contribution is -2.59. The molecule has 1 aromatic heterocycles. The largest absolute Gasteiger partial charge is 0.497 e. The van der Waals surface area contributed by atoms with Crippen molar-refractivity contribution in [3.05, 3.63) is 83.7 Å². The Morgan fingerprint density at radius 3 is 2.26 bits per heavy atom. The monoisotopic (exact) mass is 574 g/mol. The number of rotatable bonds is 8. The maximum Gasteiger partial charge on any atom is 0.256 e. The fourth-order valence-electron chi connectivity index (χ4n) is 5.45. The Bertz CT molecular complexity index is 1420. The first-order chi connectivity index (χ1) is 20.4. The summed E-state index contributed by atoms with van der Waals surface area (Å²) in [6.45, 7) is 0.935. The van der Waals surface area contributed by atoms with Crippen molar-refractivity contribution in [2.75, 3.05) is 41.0 Å². The number of methoxy groups -OCH3 is 3. The lowest BCUT2D eigenvalue weighted by Gasteiger charge is -2.44. The number of piperidine rings is 1. The molecule has 3 heterocycles. The van der Waals surface area contributed by atoms with Gasteiger partial charge in [0.1, 0.15) is 17.5 Å². The third-order valence-electron chi connectivity index (χ3n) is 7.75. The van der Waals surface area contributed by atoms with Crippen molar-refractivity contribution in [3.8, 4) is 17.2 Å². The Balaban J connectivity index is 1.36. The molecule has 1 atom stereocenters. The number of aromatic nitrogens is 1. The van der Waals surface area contributed by atoms with Gasteiger partial charge in [0, 0.05) is 43.3 Å². The second kappa shape index (κ2) is 12.5. The third kappa shape index (κ3) is 5.73. The molecular weight excluding hydrogens is 540 g/mol. The van der Waals surface area contributed by atoms with Crippen molar-refractivity contribution < 1.29 is 33.3 Å². The van der Waals surface area contributed by atoms with Gasteiger partial charge in [-0.2, -0.15) is 0 Å². The van der Waals surface area contributed by atoms with Gasteiger partial charge in [0.15, 0.2) is 11.5 Å². The number of ether oxygens (including phenoxy) is 4. The second-order valence-electron chi connectivity index (χ2n) is 10.1. The van der Waals surface area contributed by atoms with Gasteiger partial charge in [0.2, 0.25) is 5.91 Å². The first-order valence-corrected chi connectivity index (χ1v) is 13.7. The van der Waals surface area contributed by atoms with Crippen LogP contribution in [0.25, 0.3) is 0 Å². The standard InChI is InChI=1S/C31H34N4O7/c1-39-24-10-7-21(8-11-24)30(38)35-25(28(36)33-19-23-6-4-5-15-32-23)20-42-31(35)13-16-34(17-14-31)29(37)22-9-12-26(40-2)27(18-22)41-3/h4-12,15,18,25H,13-14,16-17,19-20H2,1-3H3,(H,33,36)/t25-/m0/s1. The van der Waals surface area contributed by atoms with Crippen LogP contribution in [-0.4, -0.2) is 85.3 Å². The normalized spacial score (nSPS) is 17.5. The number of nitrogens with one attached hydrogen (secondary N) is 1. The number of hydrogen-bond donors (Lipinski definition) is 1. The highest BCUT2D eigenvalue weighted by Gasteiger charge is 2.54. The topological polar surface area (TPSA) is 120 Å². The second-order valence-corrected chi connectivity index (χ2v) is 10.1. The number of amides is 3. The number of hydrogen-bond acceptors (Lipinski definition) is 8. The van der Waals surface area contributed by atoms with Crippen LogP contribution in [0.1, 0.15) is 39.3 Å². The molecule has 3 aromatic rings. The first kappa shape index (κ1) is 28.9. The van der Waals surface area contributed by atoms with Gasteiger partial charge in [-0.15, -0.1) is 0 Å². The van der Waals surface area contributed by atoms with Crippen molar-refractivity contribution in [3.63, 3.8) is 0 Å². The minimum atomic E-state index is -1.04. The zero-order chi connectivity index (χ0) is 29.7. The highest BCUT2D eigenvalue weighted by Crippen LogP contribution is 2.39. The lowest BCUT2D eigenvalue weighted by atomic mass is 9.96. The van der Waals surface area contributed by atoms with Crippen LogP contribution in [0.15, 0.2) is 66.9 Å². The first-order valence-electron chi connectivity index (χ1n) is 13.7. The number of likely N-dealkylation sites (tertiary alicyclic amines) is 1. The molecule has 42 heavy (non-hydrogen) atoms. The predicted octanol–water partition coefficient (Wildman–Crippen LogP) is 2.90. The maximum atomic E-state index is 14.0. The molecule has 2 aliphatic rings. The summed E-state index contributed by atoms with van der Waals surface area (Å²) < 4.78 is 22.2. The minimum Gasteiger partial charge on any atom is -0.497 e. The number of pyridine rings is 1. The number of benzene rings is 2. The van der Waals surface area contributed by atoms with Crippen molar-refractivity contribution >= 4 is 17.7 Å². The average Bonchev–Trinajstić information content (AvgIpc) is 3.41. The van der Waals surface area contributed by atoms with Crippen LogP contribution in [-0.2, 0) is 16.1 Å². The van der Waals surface area contributed by atoms with Crippen molar-refractivity contribution in [2.24, 2.45) is 0 Å². The molecule has 0 unspecified atom stereocenters. The van der Waals surface area contributed by atoms with Crippen molar-refractivity contribution in [2.45, 2.75) is 31.2 Å². The molecule has 1 N–H and O–H groups in total. The molecule has 2 aromatic carbocycles. The Morgan fingerprint density at radius 2 is 1.62 bits per heavy atom. The van der Waals surface area contributed by atoms with E-state index in [1.807, 2.05) is 12.1 Å². The summed E-state index contributed by atoms with van der Waals surface area (Å²) in [6, 6.07) is 16.4. The molecule has 220 valence electrons. The SMILES string of the molecule is COc1ccc(C(=O)N2[C@H](C(=O)NCc3ccccn3)COC23CCN(C(=O)c2ccc(OC)c(OC)c2)CC3)cc1. The quantitative estimate of drug-likeness (QED) is 0.436. The number of carbonyl (C=O) groups excluding carboxylic acids is 3. The summed E-state index contributed by atoms with van der Waals surface area (Å²) in [4.78, 5) is 48.3. The van der Waals surface area contributed by atoms with E-state index in [1.165, 1.54) is 14.2 Å². The fourth-order valence-corrected chi connectivity index (χ4v) is 5.45. The van der Waals surface area contributed by atoms with E-state index in [0.29, 0.717) is 60.0 Å². The van der Waals surface area contributed by atoms with Crippen LogP contribution in [0.5, 0.6) is 17.2 Å². The van der Waals surface area contributed by atoms with Gasteiger partial charge in [-0.1, -0.05) is 6.07 Å². The molecule has 5 rings (SSSR count). The summed E-state index contributed by atoms with van der Waals surface area (Å²) >= 11 is 0. The Kier molecular flexibility index (Phi) is 8.58. The Hall–Kier alpha value is -4.64. The van der Waals surface area contributed by atoms with Crippen molar-refractivity contribution in [1.29, 1.82) is 0 Å². The molecule has 0 saturated carbocycles. The van der Waals surface area contributed by atoms with Gasteiger partial charge >= 0.3 is 0 Å². The number of carbonyl (C=O) groups is 3. The fraction of sp³-hybridized carbons (Fsp3) is 0.355. The molecule has 0 bridgehead atoms. The molecule has 1 spiro atoms. The highest BCUT2D eigenvalue weighted by molar-refractivity contribution is 5.99. The minimum absolute atomic E-state index is 0.0412. The average molecular weight is 575 g/mol. The van der Waals surface area contributed by atoms with Crippen LogP contribution in [0.4, 0.5) is 0 Å². The smallest absolute Gasteiger partial charge is 0.256 e. The van der Waals surface area contributed by atoms with E-state index < -0.39 is 11.8 Å². The molecule has 2 saturated heterocycles. The molecule has 2 aliphatic heterocycles. The molecule has 0 aliphatic carbocycles. The predicted molar refractivity (Wildman–Crippen MR) is 152 cm³/mol. The third-order valence-corrected chi connectivity index (χ3v) is 7.75. The summed E-state index contributed by atoms with van der Waals surface area (Å²) in [5.74, 6) is 0.793. The van der Waals surface area contributed by atoms with Crippen LogP contribution < -0.4 is 19.5 Å². The van der Waals surface area contributed by atoms with Gasteiger partial charge < -0.3 is 29.2 Å². The van der Waals surface area contributed by atoms with Gasteiger partial charge in [0.05, 0.1) is 40.2 Å². The molecule has 3 amide bonds. The van der Waals surface area contributed by atoms with Crippen LogP contribution in [0, 0.1) is 0 Å². The van der Waals surface area contributed by atoms with Crippen LogP contribution in [0.2, 0.25) is 0 Å². The van der Waals surface area contributed by atoms with E-state index in [0.717, 1.165) is 0 Å². The molecule has 2 fully saturated rings. The Labute approximate surface area is 244 Å². The van der Waals surface area contributed by atoms with E-state index in [4.69, 9.17) is 18.9 Å². The van der Waals surface area contributed by atoms with Gasteiger partial charge in [-0.05, 0) is 54.6 Å². The zero-order valence-electron chi connectivity index (χ0n) is 23.9. The van der Waals surface area contributed by atoms with E-state index in [9.17, 15) is 14.4 Å². The van der Waals surface area contributed by atoms with E-state index in [-0.39, 0.29) is 30.9 Å². The number of nitrogens with zero attached hydrogens (tertiary/aromatic N) is 3. The molecule has 0 radical (unpaired) electrons. The zero-order valence-corrected chi connectivity index (χ0v) is 23.9. The van der Waals surface area contributed by atoms with Gasteiger partial charge in [-0.25, -0.2) is 0 Å². The molecule has 11 heteroatoms. The molecular formula is C31H34N4O7. The van der Waals surface area contributed by atoms with Crippen LogP contribution in [0.3, 0.4) is 0 Å². The van der Waals surface area contributed by atoms with E-state index >= 15 is 0 Å². The molecule has 11 nitrogen and oxygen atoms in total. The maximum absolute atomic E-state index is 14.0.